The standard InChI is InChI=1S/C24H32O4S.C2H6/c1-2-16(12-15-6-4-3-5-7-15)20-13-19(26)23(24(27)28-20)22(17-8-9-17)21-11-10-18(14-25)29-21;1-2/h10-11,13,15-17,22,25-26H,2-9,12,14H2,1H3;1-2H3. The fourth-order valence-corrected chi connectivity index (χ4v) is 6.07. The highest BCUT2D eigenvalue weighted by Gasteiger charge is 2.38. The van der Waals surface area contributed by atoms with Gasteiger partial charge in [0.15, 0.2) is 0 Å². The van der Waals surface area contributed by atoms with E-state index in [1.807, 2.05) is 26.0 Å². The van der Waals surface area contributed by atoms with E-state index in [0.29, 0.717) is 23.2 Å². The van der Waals surface area contributed by atoms with Crippen molar-refractivity contribution < 1.29 is 14.6 Å². The van der Waals surface area contributed by atoms with E-state index >= 15 is 0 Å². The van der Waals surface area contributed by atoms with Crippen molar-refractivity contribution in [1.82, 2.24) is 0 Å². The van der Waals surface area contributed by atoms with Crippen molar-refractivity contribution >= 4 is 11.3 Å². The summed E-state index contributed by atoms with van der Waals surface area (Å²) in [5, 5.41) is 20.3. The molecule has 31 heavy (non-hydrogen) atoms. The molecule has 2 heterocycles. The molecule has 4 nitrogen and oxygen atoms in total. The number of rotatable bonds is 8. The molecule has 0 aromatic carbocycles. The molecule has 0 aliphatic heterocycles. The van der Waals surface area contributed by atoms with Crippen molar-refractivity contribution in [1.29, 1.82) is 0 Å². The number of aromatic hydroxyl groups is 1. The van der Waals surface area contributed by atoms with Gasteiger partial charge < -0.3 is 14.6 Å². The molecule has 2 unspecified atom stereocenters. The zero-order valence-electron chi connectivity index (χ0n) is 19.2. The highest BCUT2D eigenvalue weighted by atomic mass is 32.1. The van der Waals surface area contributed by atoms with Crippen molar-refractivity contribution in [2.45, 2.75) is 97.0 Å². The normalized spacial score (nSPS) is 18.8. The van der Waals surface area contributed by atoms with E-state index in [1.165, 1.54) is 43.4 Å². The topological polar surface area (TPSA) is 70.7 Å². The number of aliphatic hydroxyl groups excluding tert-OH is 1. The van der Waals surface area contributed by atoms with Crippen molar-refractivity contribution in [3.8, 4) is 5.75 Å². The largest absolute Gasteiger partial charge is 0.507 e. The predicted molar refractivity (Wildman–Crippen MR) is 127 cm³/mol. The Bertz CT molecular complexity index is 874. The van der Waals surface area contributed by atoms with Crippen molar-refractivity contribution in [2.24, 2.45) is 11.8 Å². The van der Waals surface area contributed by atoms with Gasteiger partial charge in [0, 0.05) is 27.7 Å². The Morgan fingerprint density at radius 2 is 1.84 bits per heavy atom. The molecule has 2 aromatic rings. The summed E-state index contributed by atoms with van der Waals surface area (Å²) in [4.78, 5) is 14.9. The maximum Gasteiger partial charge on any atom is 0.343 e. The van der Waals surface area contributed by atoms with E-state index < -0.39 is 5.63 Å². The van der Waals surface area contributed by atoms with E-state index in [2.05, 4.69) is 6.92 Å². The Morgan fingerprint density at radius 1 is 1.13 bits per heavy atom. The average Bonchev–Trinajstić information content (AvgIpc) is 3.52. The van der Waals surface area contributed by atoms with Gasteiger partial charge >= 0.3 is 5.63 Å². The lowest BCUT2D eigenvalue weighted by Gasteiger charge is -2.25. The van der Waals surface area contributed by atoms with E-state index in [0.717, 1.165) is 35.4 Å². The number of hydrogen-bond acceptors (Lipinski definition) is 5. The van der Waals surface area contributed by atoms with Crippen LogP contribution in [0.1, 0.15) is 111 Å². The summed E-state index contributed by atoms with van der Waals surface area (Å²) in [6.07, 6.45) is 10.5. The summed E-state index contributed by atoms with van der Waals surface area (Å²) in [5.41, 5.74) is 0.00746. The van der Waals surface area contributed by atoms with Gasteiger partial charge in [-0.3, -0.25) is 0 Å². The molecule has 172 valence electrons. The third kappa shape index (κ3) is 5.81. The second-order valence-electron chi connectivity index (χ2n) is 8.86. The summed E-state index contributed by atoms with van der Waals surface area (Å²) in [7, 11) is 0. The van der Waals surface area contributed by atoms with Gasteiger partial charge in [0.25, 0.3) is 0 Å². The summed E-state index contributed by atoms with van der Waals surface area (Å²) < 4.78 is 5.84. The first kappa shape index (κ1) is 24.1. The second-order valence-corrected chi connectivity index (χ2v) is 10.1. The maximum absolute atomic E-state index is 13.0. The summed E-state index contributed by atoms with van der Waals surface area (Å²) in [5.74, 6) is 1.83. The molecule has 2 aliphatic carbocycles. The summed E-state index contributed by atoms with van der Waals surface area (Å²) in [6.45, 7) is 6.13. The molecular formula is C26H38O4S. The van der Waals surface area contributed by atoms with Gasteiger partial charge in [-0.15, -0.1) is 11.3 Å². The fourth-order valence-electron chi connectivity index (χ4n) is 4.99. The lowest BCUT2D eigenvalue weighted by Crippen LogP contribution is -2.18. The van der Waals surface area contributed by atoms with Crippen LogP contribution >= 0.6 is 11.3 Å². The van der Waals surface area contributed by atoms with Gasteiger partial charge in [0.1, 0.15) is 11.5 Å². The van der Waals surface area contributed by atoms with Crippen LogP contribution in [0.3, 0.4) is 0 Å². The van der Waals surface area contributed by atoms with Gasteiger partial charge in [0.2, 0.25) is 0 Å². The van der Waals surface area contributed by atoms with Gasteiger partial charge in [0.05, 0.1) is 12.2 Å². The minimum Gasteiger partial charge on any atom is -0.507 e. The maximum atomic E-state index is 13.0. The Morgan fingerprint density at radius 3 is 2.39 bits per heavy atom. The van der Waals surface area contributed by atoms with Crippen molar-refractivity contribution in [2.75, 3.05) is 0 Å². The Kier molecular flexibility index (Phi) is 8.79. The Balaban J connectivity index is 0.00000132. The van der Waals surface area contributed by atoms with Crippen LogP contribution in [0, 0.1) is 11.8 Å². The lowest BCUT2D eigenvalue weighted by atomic mass is 9.81. The first-order valence-corrected chi connectivity index (χ1v) is 13.0. The van der Waals surface area contributed by atoms with Gasteiger partial charge in [-0.25, -0.2) is 4.79 Å². The molecule has 4 rings (SSSR count). The zero-order chi connectivity index (χ0) is 22.4. The molecule has 0 radical (unpaired) electrons. The van der Waals surface area contributed by atoms with Crippen LogP contribution in [0.25, 0.3) is 0 Å². The van der Waals surface area contributed by atoms with Crippen LogP contribution in [0.5, 0.6) is 5.75 Å². The summed E-state index contributed by atoms with van der Waals surface area (Å²) in [6, 6.07) is 5.59. The third-order valence-corrected chi connectivity index (χ3v) is 7.93. The fraction of sp³-hybridized carbons (Fsp3) is 0.654. The highest BCUT2D eigenvalue weighted by Crippen LogP contribution is 2.49. The van der Waals surface area contributed by atoms with Gasteiger partial charge in [-0.1, -0.05) is 52.9 Å². The number of thiophene rings is 1. The van der Waals surface area contributed by atoms with Crippen LogP contribution in [-0.2, 0) is 6.61 Å². The molecule has 0 saturated heterocycles. The minimum absolute atomic E-state index is 0.000920. The van der Waals surface area contributed by atoms with Crippen LogP contribution < -0.4 is 5.63 Å². The highest BCUT2D eigenvalue weighted by molar-refractivity contribution is 7.12. The van der Waals surface area contributed by atoms with Crippen LogP contribution in [0.15, 0.2) is 27.4 Å². The first-order valence-electron chi connectivity index (χ1n) is 12.2. The number of hydrogen-bond donors (Lipinski definition) is 2. The smallest absolute Gasteiger partial charge is 0.343 e. The van der Waals surface area contributed by atoms with Crippen molar-refractivity contribution in [3.63, 3.8) is 0 Å². The number of aliphatic hydroxyl groups is 1. The molecule has 2 aliphatic rings. The SMILES string of the molecule is CC.CCC(CC1CCCCC1)c1cc(O)c(C(c2ccc(CO)s2)C2CC2)c(=O)o1. The molecule has 2 atom stereocenters. The zero-order valence-corrected chi connectivity index (χ0v) is 20.0. The quantitative estimate of drug-likeness (QED) is 0.461. The van der Waals surface area contributed by atoms with Gasteiger partial charge in [-0.05, 0) is 49.7 Å². The molecule has 2 saturated carbocycles. The van der Waals surface area contributed by atoms with Crippen molar-refractivity contribution in [3.05, 3.63) is 49.7 Å². The van der Waals surface area contributed by atoms with E-state index in [9.17, 15) is 15.0 Å². The Hall–Kier alpha value is -1.59. The molecule has 2 N–H and O–H groups in total. The molecule has 2 aromatic heterocycles. The Labute approximate surface area is 190 Å². The molecule has 5 heteroatoms. The molecule has 0 amide bonds. The molecule has 0 bridgehead atoms. The molecule has 2 fully saturated rings. The molecular weight excluding hydrogens is 408 g/mol. The monoisotopic (exact) mass is 446 g/mol. The van der Waals surface area contributed by atoms with E-state index in [-0.39, 0.29) is 24.2 Å². The van der Waals surface area contributed by atoms with Crippen LogP contribution in [-0.4, -0.2) is 10.2 Å². The first-order chi connectivity index (χ1) is 15.1. The average molecular weight is 447 g/mol. The summed E-state index contributed by atoms with van der Waals surface area (Å²) >= 11 is 1.52. The van der Waals surface area contributed by atoms with Crippen LogP contribution in [0.4, 0.5) is 0 Å². The lowest BCUT2D eigenvalue weighted by molar-refractivity contribution is 0.285. The van der Waals surface area contributed by atoms with Crippen LogP contribution in [0.2, 0.25) is 0 Å². The second kappa shape index (κ2) is 11.3. The predicted octanol–water partition coefficient (Wildman–Crippen LogP) is 6.93. The van der Waals surface area contributed by atoms with E-state index in [1.54, 1.807) is 6.07 Å². The van der Waals surface area contributed by atoms with E-state index in [4.69, 9.17) is 4.42 Å². The molecule has 0 spiro atoms. The minimum atomic E-state index is -0.391. The van der Waals surface area contributed by atoms with Gasteiger partial charge in [-0.2, -0.15) is 0 Å². The third-order valence-electron chi connectivity index (χ3n) is 6.77.